The molecule has 1 aliphatic carbocycles. The number of hydrogen-bond acceptors (Lipinski definition) is 5. The molecule has 0 radical (unpaired) electrons. The topological polar surface area (TPSA) is 97.1 Å². The highest BCUT2D eigenvalue weighted by molar-refractivity contribution is 5.33. The third-order valence-corrected chi connectivity index (χ3v) is 5.08. The SMILES string of the molecule is CC1(C)OCC(CCn2c(=O)[nH]c(C3CCCCC3)c(C#N)c2=O)O1. The van der Waals surface area contributed by atoms with E-state index >= 15 is 0 Å². The van der Waals surface area contributed by atoms with Gasteiger partial charge >= 0.3 is 5.69 Å². The van der Waals surface area contributed by atoms with E-state index in [1.54, 1.807) is 0 Å². The standard InChI is InChI=1S/C18H25N3O4/c1-18(2)24-11-13(25-18)8-9-21-16(22)14(10-19)15(20-17(21)23)12-6-4-3-5-7-12/h12-13H,3-9,11H2,1-2H3,(H,20,23). The van der Waals surface area contributed by atoms with Gasteiger partial charge in [0.2, 0.25) is 0 Å². The summed E-state index contributed by atoms with van der Waals surface area (Å²) < 4.78 is 12.3. The number of ether oxygens (including phenoxy) is 2. The van der Waals surface area contributed by atoms with Gasteiger partial charge in [0.15, 0.2) is 5.79 Å². The lowest BCUT2D eigenvalue weighted by atomic mass is 9.85. The van der Waals surface area contributed by atoms with Crippen LogP contribution in [0.2, 0.25) is 0 Å². The average Bonchev–Trinajstić information content (AvgIpc) is 2.94. The summed E-state index contributed by atoms with van der Waals surface area (Å²) in [5.74, 6) is -0.532. The molecule has 7 nitrogen and oxygen atoms in total. The van der Waals surface area contributed by atoms with Gasteiger partial charge in [-0.2, -0.15) is 5.26 Å². The van der Waals surface area contributed by atoms with Gasteiger partial charge in [0.1, 0.15) is 11.6 Å². The molecule has 1 N–H and O–H groups in total. The van der Waals surface area contributed by atoms with E-state index in [1.807, 2.05) is 19.9 Å². The lowest BCUT2D eigenvalue weighted by Gasteiger charge is -2.22. The van der Waals surface area contributed by atoms with Crippen molar-refractivity contribution in [3.63, 3.8) is 0 Å². The quantitative estimate of drug-likeness (QED) is 0.898. The molecular formula is C18H25N3O4. The molecule has 1 atom stereocenters. The molecule has 7 heteroatoms. The zero-order valence-electron chi connectivity index (χ0n) is 14.8. The van der Waals surface area contributed by atoms with E-state index in [9.17, 15) is 14.9 Å². The molecule has 1 aliphatic heterocycles. The molecule has 2 fully saturated rings. The maximum atomic E-state index is 12.7. The van der Waals surface area contributed by atoms with Crippen LogP contribution in [-0.2, 0) is 16.0 Å². The smallest absolute Gasteiger partial charge is 0.328 e. The van der Waals surface area contributed by atoms with Gasteiger partial charge in [-0.25, -0.2) is 4.79 Å². The molecule has 0 aromatic carbocycles. The van der Waals surface area contributed by atoms with Gasteiger partial charge in [-0.3, -0.25) is 9.36 Å². The van der Waals surface area contributed by atoms with Crippen LogP contribution < -0.4 is 11.2 Å². The van der Waals surface area contributed by atoms with Crippen molar-refractivity contribution in [2.45, 2.75) is 76.7 Å². The highest BCUT2D eigenvalue weighted by Crippen LogP contribution is 2.32. The van der Waals surface area contributed by atoms with Crippen molar-refractivity contribution in [2.75, 3.05) is 6.61 Å². The molecule has 0 amide bonds. The maximum Gasteiger partial charge on any atom is 0.328 e. The monoisotopic (exact) mass is 347 g/mol. The fraction of sp³-hybridized carbons (Fsp3) is 0.722. The Morgan fingerprint density at radius 2 is 2.00 bits per heavy atom. The van der Waals surface area contributed by atoms with E-state index in [0.717, 1.165) is 30.3 Å². The van der Waals surface area contributed by atoms with E-state index in [4.69, 9.17) is 9.47 Å². The Bertz CT molecular complexity index is 781. The van der Waals surface area contributed by atoms with Gasteiger partial charge in [-0.05, 0) is 33.1 Å². The van der Waals surface area contributed by atoms with E-state index < -0.39 is 17.0 Å². The van der Waals surface area contributed by atoms with E-state index in [0.29, 0.717) is 18.7 Å². The van der Waals surface area contributed by atoms with Gasteiger partial charge in [0.05, 0.1) is 12.7 Å². The minimum absolute atomic E-state index is 0.0791. The summed E-state index contributed by atoms with van der Waals surface area (Å²) in [5, 5.41) is 9.46. The highest BCUT2D eigenvalue weighted by atomic mass is 16.7. The van der Waals surface area contributed by atoms with Gasteiger partial charge in [-0.15, -0.1) is 0 Å². The van der Waals surface area contributed by atoms with E-state index in [2.05, 4.69) is 4.98 Å². The van der Waals surface area contributed by atoms with Crippen LogP contribution in [0.3, 0.4) is 0 Å². The maximum absolute atomic E-state index is 12.7. The predicted molar refractivity (Wildman–Crippen MR) is 91.4 cm³/mol. The molecule has 2 aliphatic rings. The summed E-state index contributed by atoms with van der Waals surface area (Å²) in [7, 11) is 0. The molecule has 1 unspecified atom stereocenters. The first-order valence-corrected chi connectivity index (χ1v) is 9.00. The van der Waals surface area contributed by atoms with Crippen LogP contribution in [0.4, 0.5) is 0 Å². The largest absolute Gasteiger partial charge is 0.348 e. The molecule has 1 saturated heterocycles. The van der Waals surface area contributed by atoms with Gasteiger partial charge in [0.25, 0.3) is 5.56 Å². The zero-order chi connectivity index (χ0) is 18.0. The van der Waals surface area contributed by atoms with Gasteiger partial charge in [-0.1, -0.05) is 19.3 Å². The Hall–Kier alpha value is -1.91. The molecule has 136 valence electrons. The van der Waals surface area contributed by atoms with Crippen LogP contribution >= 0.6 is 0 Å². The van der Waals surface area contributed by atoms with Crippen LogP contribution in [0.5, 0.6) is 0 Å². The Morgan fingerprint density at radius 3 is 2.60 bits per heavy atom. The van der Waals surface area contributed by atoms with Crippen molar-refractivity contribution in [3.05, 3.63) is 32.1 Å². The average molecular weight is 347 g/mol. The van der Waals surface area contributed by atoms with Crippen LogP contribution in [0, 0.1) is 11.3 Å². The minimum Gasteiger partial charge on any atom is -0.348 e. The zero-order valence-corrected chi connectivity index (χ0v) is 14.8. The number of aromatic nitrogens is 2. The Morgan fingerprint density at radius 1 is 1.28 bits per heavy atom. The first-order valence-electron chi connectivity index (χ1n) is 9.00. The second-order valence-corrected chi connectivity index (χ2v) is 7.36. The summed E-state index contributed by atoms with van der Waals surface area (Å²) in [6.45, 7) is 4.31. The Labute approximate surface area is 146 Å². The number of nitriles is 1. The van der Waals surface area contributed by atoms with Crippen molar-refractivity contribution in [2.24, 2.45) is 0 Å². The summed E-state index contributed by atoms with van der Waals surface area (Å²) in [5.41, 5.74) is -0.335. The van der Waals surface area contributed by atoms with E-state index in [-0.39, 0.29) is 24.1 Å². The molecule has 3 rings (SSSR count). The van der Waals surface area contributed by atoms with Crippen molar-refractivity contribution in [1.82, 2.24) is 9.55 Å². The summed E-state index contributed by atoms with van der Waals surface area (Å²) in [6.07, 6.45) is 5.45. The van der Waals surface area contributed by atoms with Crippen molar-refractivity contribution < 1.29 is 9.47 Å². The first-order chi connectivity index (χ1) is 11.9. The van der Waals surface area contributed by atoms with Crippen molar-refractivity contribution in [1.29, 1.82) is 5.26 Å². The third kappa shape index (κ3) is 3.86. The lowest BCUT2D eigenvalue weighted by Crippen LogP contribution is -2.39. The number of rotatable bonds is 4. The Kier molecular flexibility index (Phi) is 5.11. The number of hydrogen-bond donors (Lipinski definition) is 1. The molecule has 1 aromatic heterocycles. The highest BCUT2D eigenvalue weighted by Gasteiger charge is 2.32. The summed E-state index contributed by atoms with van der Waals surface area (Å²) >= 11 is 0. The fourth-order valence-corrected chi connectivity index (χ4v) is 3.77. The number of nitrogens with one attached hydrogen (secondary N) is 1. The third-order valence-electron chi connectivity index (χ3n) is 5.08. The minimum atomic E-state index is -0.634. The van der Waals surface area contributed by atoms with E-state index in [1.165, 1.54) is 6.42 Å². The molecule has 0 spiro atoms. The van der Waals surface area contributed by atoms with Crippen LogP contribution in [-0.4, -0.2) is 28.0 Å². The van der Waals surface area contributed by atoms with Crippen LogP contribution in [0.15, 0.2) is 9.59 Å². The summed E-state index contributed by atoms with van der Waals surface area (Å²) in [6, 6.07) is 2.01. The molecule has 1 saturated carbocycles. The Balaban J connectivity index is 1.82. The second-order valence-electron chi connectivity index (χ2n) is 7.36. The molecule has 0 bridgehead atoms. The molecule has 1 aromatic rings. The van der Waals surface area contributed by atoms with Gasteiger partial charge < -0.3 is 14.5 Å². The number of H-pyrrole nitrogens is 1. The first kappa shape index (κ1) is 17.9. The van der Waals surface area contributed by atoms with Crippen LogP contribution in [0.25, 0.3) is 0 Å². The predicted octanol–water partition coefficient (Wildman–Crippen LogP) is 2.00. The number of nitrogens with zero attached hydrogens (tertiary/aromatic N) is 2. The van der Waals surface area contributed by atoms with Crippen LogP contribution in [0.1, 0.15) is 69.5 Å². The molecule has 2 heterocycles. The van der Waals surface area contributed by atoms with Crippen molar-refractivity contribution in [3.8, 4) is 6.07 Å². The molecular weight excluding hydrogens is 322 g/mol. The second kappa shape index (κ2) is 7.14. The lowest BCUT2D eigenvalue weighted by molar-refractivity contribution is -0.139. The normalized spacial score (nSPS) is 23.5. The summed E-state index contributed by atoms with van der Waals surface area (Å²) in [4.78, 5) is 27.9. The fourth-order valence-electron chi connectivity index (χ4n) is 3.77. The van der Waals surface area contributed by atoms with Crippen molar-refractivity contribution >= 4 is 0 Å². The molecule has 25 heavy (non-hydrogen) atoms. The van der Waals surface area contributed by atoms with Gasteiger partial charge in [0, 0.05) is 18.2 Å². The number of aromatic amines is 1.